The molecule has 2 amide bonds. The number of fused-ring (bicyclic) bond motifs is 1. The van der Waals surface area contributed by atoms with Gasteiger partial charge in [-0.3, -0.25) is 24.1 Å². The number of nitrogens with one attached hydrogen (secondary N) is 1. The first-order chi connectivity index (χ1) is 21.6. The molecule has 2 aromatic rings. The fraction of sp³-hybridized carbons (Fsp3) is 0.500. The van der Waals surface area contributed by atoms with Gasteiger partial charge in [0.1, 0.15) is 11.8 Å². The molecule has 4 rings (SSSR count). The number of ether oxygens (including phenoxy) is 2. The number of nitrogens with zero attached hydrogens (tertiary/aromatic N) is 2. The molecule has 11 nitrogen and oxygen atoms in total. The van der Waals surface area contributed by atoms with Crippen LogP contribution in [0.3, 0.4) is 0 Å². The first-order valence-corrected chi connectivity index (χ1v) is 15.8. The molecule has 2 fully saturated rings. The van der Waals surface area contributed by atoms with Gasteiger partial charge in [-0.25, -0.2) is 0 Å². The first kappa shape index (κ1) is 36.1. The molecule has 0 radical (unpaired) electrons. The normalized spacial score (nSPS) is 20.2. The van der Waals surface area contributed by atoms with Crippen molar-refractivity contribution in [2.24, 2.45) is 5.73 Å². The summed E-state index contributed by atoms with van der Waals surface area (Å²) in [5, 5.41) is 10.5. The molecule has 0 bridgehead atoms. The van der Waals surface area contributed by atoms with Gasteiger partial charge in [0.15, 0.2) is 0 Å². The zero-order chi connectivity index (χ0) is 32.9. The molecule has 2 heterocycles. The number of rotatable bonds is 12. The lowest BCUT2D eigenvalue weighted by molar-refractivity contribution is -0.147. The van der Waals surface area contributed by atoms with E-state index in [1.807, 2.05) is 18.2 Å². The van der Waals surface area contributed by atoms with E-state index in [0.29, 0.717) is 47.3 Å². The number of benzene rings is 2. The number of amides is 2. The number of esters is 1. The van der Waals surface area contributed by atoms with Crippen LogP contribution in [0.1, 0.15) is 50.2 Å². The van der Waals surface area contributed by atoms with Gasteiger partial charge in [0, 0.05) is 49.8 Å². The van der Waals surface area contributed by atoms with Crippen molar-refractivity contribution in [3.05, 3.63) is 63.6 Å². The monoisotopic (exact) mass is 664 g/mol. The Labute approximate surface area is 273 Å². The van der Waals surface area contributed by atoms with Crippen molar-refractivity contribution in [3.63, 3.8) is 0 Å². The lowest BCUT2D eigenvalue weighted by Crippen LogP contribution is -2.53. The van der Waals surface area contributed by atoms with E-state index in [1.165, 1.54) is 12.7 Å². The predicted octanol–water partition coefficient (Wildman–Crippen LogP) is 3.67. The third kappa shape index (κ3) is 10.1. The number of hydrogen-bond acceptors (Lipinski definition) is 8. The van der Waals surface area contributed by atoms with E-state index in [0.717, 1.165) is 12.8 Å². The van der Waals surface area contributed by atoms with E-state index in [2.05, 4.69) is 22.3 Å². The van der Waals surface area contributed by atoms with Crippen LogP contribution in [0.5, 0.6) is 5.75 Å². The molecule has 2 aliphatic heterocycles. The highest BCUT2D eigenvalue weighted by atomic mass is 35.5. The minimum Gasteiger partial charge on any atom is -0.496 e. The molecule has 0 saturated carbocycles. The maximum Gasteiger partial charge on any atom is 0.305 e. The molecule has 1 unspecified atom stereocenters. The van der Waals surface area contributed by atoms with Crippen LogP contribution in [0.15, 0.2) is 42.5 Å². The highest BCUT2D eigenvalue weighted by Gasteiger charge is 2.45. The molecule has 45 heavy (non-hydrogen) atoms. The third-order valence-corrected chi connectivity index (χ3v) is 8.83. The maximum absolute atomic E-state index is 14.0. The molecule has 246 valence electrons. The van der Waals surface area contributed by atoms with E-state index in [1.54, 1.807) is 24.0 Å². The second-order valence-corrected chi connectivity index (χ2v) is 11.8. The van der Waals surface area contributed by atoms with Gasteiger partial charge in [0.25, 0.3) is 6.47 Å². The van der Waals surface area contributed by atoms with Crippen molar-refractivity contribution in [2.75, 3.05) is 26.8 Å². The molecular formula is C32H42Cl2N4O7. The summed E-state index contributed by atoms with van der Waals surface area (Å²) in [6.45, 7) is 2.88. The fourth-order valence-electron chi connectivity index (χ4n) is 6.01. The largest absolute Gasteiger partial charge is 0.496 e. The average molecular weight is 666 g/mol. The molecule has 2 aliphatic rings. The number of halogens is 2. The summed E-state index contributed by atoms with van der Waals surface area (Å²) in [5.41, 5.74) is 8.25. The van der Waals surface area contributed by atoms with Gasteiger partial charge in [-0.1, -0.05) is 53.5 Å². The Bertz CT molecular complexity index is 1300. The van der Waals surface area contributed by atoms with Crippen LogP contribution in [0.4, 0.5) is 0 Å². The van der Waals surface area contributed by atoms with E-state index >= 15 is 0 Å². The number of carbonyl (C=O) groups is 4. The topological polar surface area (TPSA) is 151 Å². The van der Waals surface area contributed by atoms with E-state index < -0.39 is 18.1 Å². The summed E-state index contributed by atoms with van der Waals surface area (Å²) in [7, 11) is 1.51. The number of carboxylic acid groups (broad SMARTS) is 1. The van der Waals surface area contributed by atoms with E-state index in [-0.39, 0.29) is 56.4 Å². The highest BCUT2D eigenvalue weighted by molar-refractivity contribution is 6.42. The summed E-state index contributed by atoms with van der Waals surface area (Å²) in [6.07, 6.45) is 3.15. The van der Waals surface area contributed by atoms with Crippen molar-refractivity contribution >= 4 is 47.5 Å². The van der Waals surface area contributed by atoms with Gasteiger partial charge in [-0.15, -0.1) is 0 Å². The van der Waals surface area contributed by atoms with Crippen LogP contribution in [0, 0.1) is 0 Å². The molecule has 0 spiro atoms. The van der Waals surface area contributed by atoms with Gasteiger partial charge >= 0.3 is 5.97 Å². The van der Waals surface area contributed by atoms with Crippen LogP contribution in [0.2, 0.25) is 10.0 Å². The van der Waals surface area contributed by atoms with Crippen molar-refractivity contribution in [2.45, 2.75) is 76.2 Å². The number of nitrogens with two attached hydrogens (primary N) is 1. The minimum absolute atomic E-state index is 0.0110. The van der Waals surface area contributed by atoms with Gasteiger partial charge in [-0.2, -0.15) is 0 Å². The zero-order valence-electron chi connectivity index (χ0n) is 25.6. The SMILES string of the molecule is CCOC(=O)CC[C@H](C(=O)NCc1cc(Cl)c(Cl)cc1OC)N1CCC(CCc2ccccc2)N2C[C@H](N)C[C@H]2C1=O.O=CO. The third-order valence-electron chi connectivity index (χ3n) is 8.10. The lowest BCUT2D eigenvalue weighted by Gasteiger charge is -2.32. The van der Waals surface area contributed by atoms with Crippen molar-refractivity contribution < 1.29 is 33.8 Å². The molecule has 2 aromatic carbocycles. The van der Waals surface area contributed by atoms with E-state index in [4.69, 9.17) is 48.3 Å². The smallest absolute Gasteiger partial charge is 0.305 e. The Morgan fingerprint density at radius 1 is 1.20 bits per heavy atom. The molecule has 2 saturated heterocycles. The summed E-state index contributed by atoms with van der Waals surface area (Å²) >= 11 is 12.3. The minimum atomic E-state index is -0.859. The summed E-state index contributed by atoms with van der Waals surface area (Å²) in [6, 6.07) is 12.3. The summed E-state index contributed by atoms with van der Waals surface area (Å²) in [4.78, 5) is 52.3. The molecule has 13 heteroatoms. The standard InChI is InChI=1S/C31H40Cl2N4O5.CH2O2/c1-3-42-29(38)12-11-26(30(39)35-18-21-15-24(32)25(33)17-28(21)41-2)36-14-13-23(10-9-20-7-5-4-6-8-20)37-19-22(34)16-27(37)31(36)40;2-1-3/h4-8,15,17,22-23,26-27H,3,9-14,16,18-19,34H2,1-2H3,(H,35,39);1H,(H,2,3)/t22-,23?,26-,27+;/m1./s1. The average Bonchev–Trinajstić information content (AvgIpc) is 3.37. The van der Waals surface area contributed by atoms with Crippen LogP contribution >= 0.6 is 23.2 Å². The summed E-state index contributed by atoms with van der Waals surface area (Å²) in [5.74, 6) is -0.414. The fourth-order valence-corrected chi connectivity index (χ4v) is 6.35. The molecule has 4 N–H and O–H groups in total. The maximum atomic E-state index is 14.0. The highest BCUT2D eigenvalue weighted by Crippen LogP contribution is 2.32. The molecule has 4 atom stereocenters. The Kier molecular flexibility index (Phi) is 14.4. The summed E-state index contributed by atoms with van der Waals surface area (Å²) < 4.78 is 10.5. The number of aryl methyl sites for hydroxylation is 1. The van der Waals surface area contributed by atoms with Gasteiger partial charge in [0.05, 0.1) is 29.8 Å². The lowest BCUT2D eigenvalue weighted by atomic mass is 10.0. The van der Waals surface area contributed by atoms with Crippen LogP contribution < -0.4 is 15.8 Å². The van der Waals surface area contributed by atoms with Gasteiger partial charge in [0.2, 0.25) is 11.8 Å². The zero-order valence-corrected chi connectivity index (χ0v) is 27.1. The first-order valence-electron chi connectivity index (χ1n) is 15.0. The Balaban J connectivity index is 0.00000177. The van der Waals surface area contributed by atoms with Gasteiger partial charge in [-0.05, 0) is 50.7 Å². The van der Waals surface area contributed by atoms with Crippen LogP contribution in [-0.4, -0.2) is 90.1 Å². The van der Waals surface area contributed by atoms with Crippen molar-refractivity contribution in [3.8, 4) is 5.75 Å². The number of carbonyl (C=O) groups excluding carboxylic acids is 3. The molecule has 0 aliphatic carbocycles. The van der Waals surface area contributed by atoms with Gasteiger partial charge < -0.3 is 30.5 Å². The molecular weight excluding hydrogens is 623 g/mol. The van der Waals surface area contributed by atoms with Crippen molar-refractivity contribution in [1.82, 2.24) is 15.1 Å². The van der Waals surface area contributed by atoms with Crippen molar-refractivity contribution in [1.29, 1.82) is 0 Å². The second kappa shape index (κ2) is 17.9. The quantitative estimate of drug-likeness (QED) is 0.228. The predicted molar refractivity (Wildman–Crippen MR) is 171 cm³/mol. The number of hydrogen-bond donors (Lipinski definition) is 3. The molecule has 0 aromatic heterocycles. The van der Waals surface area contributed by atoms with E-state index in [9.17, 15) is 14.4 Å². The Morgan fingerprint density at radius 3 is 2.56 bits per heavy atom. The van der Waals surface area contributed by atoms with Crippen LogP contribution in [-0.2, 0) is 36.9 Å². The van der Waals surface area contributed by atoms with Crippen LogP contribution in [0.25, 0.3) is 0 Å². The number of methoxy groups -OCH3 is 1. The Hall–Kier alpha value is -3.38. The second-order valence-electron chi connectivity index (χ2n) is 11.0. The Morgan fingerprint density at radius 2 is 1.89 bits per heavy atom.